The predicted octanol–water partition coefficient (Wildman–Crippen LogP) is 2.40. The summed E-state index contributed by atoms with van der Waals surface area (Å²) in [5.41, 5.74) is 1.71. The maximum Gasteiger partial charge on any atom is 0.307 e. The molecule has 1 aromatic carbocycles. The third-order valence-electron chi connectivity index (χ3n) is 2.10. The van der Waals surface area contributed by atoms with E-state index in [9.17, 15) is 4.79 Å². The van der Waals surface area contributed by atoms with E-state index < -0.39 is 5.97 Å². The fraction of sp³-hybridized carbons (Fsp3) is 0.273. The van der Waals surface area contributed by atoms with Gasteiger partial charge in [-0.1, -0.05) is 18.5 Å². The number of aliphatic carboxylic acids is 1. The monoisotopic (exact) mass is 223 g/mol. The molecule has 0 aromatic heterocycles. The van der Waals surface area contributed by atoms with Crippen molar-refractivity contribution in [2.24, 2.45) is 0 Å². The number of rotatable bonds is 3. The average Bonchev–Trinajstić information content (AvgIpc) is 2.15. The molecular formula is C11H10ClNO2. The number of carbonyl (C=O) groups is 1. The number of halogens is 1. The zero-order chi connectivity index (χ0) is 11.4. The Morgan fingerprint density at radius 2 is 2.13 bits per heavy atom. The third kappa shape index (κ3) is 2.71. The largest absolute Gasteiger partial charge is 0.481 e. The second-order valence-electron chi connectivity index (χ2n) is 3.13. The topological polar surface area (TPSA) is 61.1 Å². The molecule has 15 heavy (non-hydrogen) atoms. The van der Waals surface area contributed by atoms with Gasteiger partial charge >= 0.3 is 5.97 Å². The van der Waals surface area contributed by atoms with Crippen molar-refractivity contribution in [2.75, 3.05) is 0 Å². The van der Waals surface area contributed by atoms with Gasteiger partial charge in [0.25, 0.3) is 0 Å². The number of benzene rings is 1. The first kappa shape index (κ1) is 11.5. The van der Waals surface area contributed by atoms with Gasteiger partial charge in [0.05, 0.1) is 18.1 Å². The number of aryl methyl sites for hydroxylation is 1. The van der Waals surface area contributed by atoms with Crippen LogP contribution in [0.4, 0.5) is 0 Å². The lowest BCUT2D eigenvalue weighted by atomic mass is 9.98. The summed E-state index contributed by atoms with van der Waals surface area (Å²) >= 11 is 5.84. The fourth-order valence-electron chi connectivity index (χ4n) is 1.45. The lowest BCUT2D eigenvalue weighted by Gasteiger charge is -2.07. The van der Waals surface area contributed by atoms with Gasteiger partial charge in [-0.05, 0) is 29.7 Å². The van der Waals surface area contributed by atoms with Crippen LogP contribution in [-0.4, -0.2) is 11.1 Å². The molecule has 0 bridgehead atoms. The molecule has 0 heterocycles. The van der Waals surface area contributed by atoms with Gasteiger partial charge in [-0.3, -0.25) is 4.79 Å². The molecule has 78 valence electrons. The molecule has 4 heteroatoms. The number of nitriles is 1. The predicted molar refractivity (Wildman–Crippen MR) is 56.9 cm³/mol. The van der Waals surface area contributed by atoms with E-state index in [4.69, 9.17) is 22.0 Å². The first-order chi connectivity index (χ1) is 7.08. The van der Waals surface area contributed by atoms with Crippen molar-refractivity contribution in [1.29, 1.82) is 5.26 Å². The van der Waals surface area contributed by atoms with E-state index in [0.717, 1.165) is 5.56 Å². The minimum Gasteiger partial charge on any atom is -0.481 e. The van der Waals surface area contributed by atoms with Gasteiger partial charge in [0.15, 0.2) is 0 Å². The molecule has 0 unspecified atom stereocenters. The van der Waals surface area contributed by atoms with E-state index in [1.54, 1.807) is 6.07 Å². The van der Waals surface area contributed by atoms with Crippen LogP contribution in [0.15, 0.2) is 12.1 Å². The summed E-state index contributed by atoms with van der Waals surface area (Å²) < 4.78 is 0. The highest BCUT2D eigenvalue weighted by molar-refractivity contribution is 6.30. The number of hydrogen-bond acceptors (Lipinski definition) is 2. The van der Waals surface area contributed by atoms with Crippen LogP contribution in [0, 0.1) is 11.3 Å². The quantitative estimate of drug-likeness (QED) is 0.856. The highest BCUT2D eigenvalue weighted by atomic mass is 35.5. The standard InChI is InChI=1S/C11H10ClNO2/c1-2-7-3-9(12)4-8(5-11(14)15)10(7)6-13/h3-4H,2,5H2,1H3,(H,14,15). The summed E-state index contributed by atoms with van der Waals surface area (Å²) in [6.45, 7) is 1.90. The van der Waals surface area contributed by atoms with Crippen LogP contribution >= 0.6 is 11.6 Å². The van der Waals surface area contributed by atoms with Crippen LogP contribution in [0.2, 0.25) is 5.02 Å². The Morgan fingerprint density at radius 1 is 1.53 bits per heavy atom. The Balaban J connectivity index is 3.30. The normalized spacial score (nSPS) is 9.67. The van der Waals surface area contributed by atoms with Crippen molar-refractivity contribution in [3.8, 4) is 6.07 Å². The Kier molecular flexibility index (Phi) is 3.70. The SMILES string of the molecule is CCc1cc(Cl)cc(CC(=O)O)c1C#N. The summed E-state index contributed by atoms with van der Waals surface area (Å²) in [7, 11) is 0. The number of nitrogens with zero attached hydrogens (tertiary/aromatic N) is 1. The lowest BCUT2D eigenvalue weighted by molar-refractivity contribution is -0.136. The van der Waals surface area contributed by atoms with Crippen molar-refractivity contribution in [1.82, 2.24) is 0 Å². The van der Waals surface area contributed by atoms with E-state index in [1.165, 1.54) is 6.07 Å². The second-order valence-corrected chi connectivity index (χ2v) is 3.57. The fourth-order valence-corrected chi connectivity index (χ4v) is 1.71. The smallest absolute Gasteiger partial charge is 0.307 e. The molecule has 1 rings (SSSR count). The van der Waals surface area contributed by atoms with Crippen LogP contribution < -0.4 is 0 Å². The van der Waals surface area contributed by atoms with E-state index in [2.05, 4.69) is 0 Å². The molecular weight excluding hydrogens is 214 g/mol. The van der Waals surface area contributed by atoms with Gasteiger partial charge in [-0.15, -0.1) is 0 Å². The second kappa shape index (κ2) is 4.81. The van der Waals surface area contributed by atoms with Crippen LogP contribution in [0.1, 0.15) is 23.6 Å². The van der Waals surface area contributed by atoms with E-state index in [0.29, 0.717) is 22.6 Å². The number of carboxylic acids is 1. The molecule has 0 saturated carbocycles. The lowest BCUT2D eigenvalue weighted by Crippen LogP contribution is -2.04. The van der Waals surface area contributed by atoms with Gasteiger partial charge < -0.3 is 5.11 Å². The van der Waals surface area contributed by atoms with Crippen LogP contribution in [0.3, 0.4) is 0 Å². The maximum atomic E-state index is 10.6. The summed E-state index contributed by atoms with van der Waals surface area (Å²) in [5.74, 6) is -0.962. The first-order valence-electron chi connectivity index (χ1n) is 4.51. The van der Waals surface area contributed by atoms with Crippen LogP contribution in [0.25, 0.3) is 0 Å². The first-order valence-corrected chi connectivity index (χ1v) is 4.89. The zero-order valence-corrected chi connectivity index (χ0v) is 9.01. The Bertz CT molecular complexity index is 435. The van der Waals surface area contributed by atoms with Crippen molar-refractivity contribution in [3.05, 3.63) is 33.8 Å². The zero-order valence-electron chi connectivity index (χ0n) is 8.25. The minimum atomic E-state index is -0.962. The number of hydrogen-bond donors (Lipinski definition) is 1. The minimum absolute atomic E-state index is 0.170. The molecule has 0 aliphatic heterocycles. The molecule has 0 aliphatic carbocycles. The molecule has 0 saturated heterocycles. The summed E-state index contributed by atoms with van der Waals surface area (Å²) in [4.78, 5) is 10.6. The van der Waals surface area contributed by atoms with Crippen LogP contribution in [-0.2, 0) is 17.6 Å². The molecule has 0 spiro atoms. The molecule has 0 fully saturated rings. The van der Waals surface area contributed by atoms with Crippen LogP contribution in [0.5, 0.6) is 0 Å². The molecule has 1 N–H and O–H groups in total. The van der Waals surface area contributed by atoms with E-state index in [-0.39, 0.29) is 6.42 Å². The van der Waals surface area contributed by atoms with Gasteiger partial charge in [-0.25, -0.2) is 0 Å². The third-order valence-corrected chi connectivity index (χ3v) is 2.32. The van der Waals surface area contributed by atoms with Crippen molar-refractivity contribution in [3.63, 3.8) is 0 Å². The van der Waals surface area contributed by atoms with Gasteiger partial charge in [0.1, 0.15) is 0 Å². The van der Waals surface area contributed by atoms with Gasteiger partial charge in [0, 0.05) is 5.02 Å². The molecule has 0 atom stereocenters. The molecule has 0 radical (unpaired) electrons. The Hall–Kier alpha value is -1.53. The van der Waals surface area contributed by atoms with E-state index >= 15 is 0 Å². The summed E-state index contributed by atoms with van der Waals surface area (Å²) in [5, 5.41) is 18.1. The molecule has 3 nitrogen and oxygen atoms in total. The van der Waals surface area contributed by atoms with Crippen molar-refractivity contribution >= 4 is 17.6 Å². The van der Waals surface area contributed by atoms with E-state index in [1.807, 2.05) is 13.0 Å². The summed E-state index contributed by atoms with van der Waals surface area (Å²) in [6.07, 6.45) is 0.493. The van der Waals surface area contributed by atoms with Crippen molar-refractivity contribution in [2.45, 2.75) is 19.8 Å². The highest BCUT2D eigenvalue weighted by Crippen LogP contribution is 2.21. The average molecular weight is 224 g/mol. The summed E-state index contributed by atoms with van der Waals surface area (Å²) in [6, 6.07) is 5.26. The van der Waals surface area contributed by atoms with Crippen molar-refractivity contribution < 1.29 is 9.90 Å². The highest BCUT2D eigenvalue weighted by Gasteiger charge is 2.11. The Morgan fingerprint density at radius 3 is 2.60 bits per heavy atom. The molecule has 1 aromatic rings. The van der Waals surface area contributed by atoms with Gasteiger partial charge in [0.2, 0.25) is 0 Å². The number of carboxylic acid groups (broad SMARTS) is 1. The van der Waals surface area contributed by atoms with Gasteiger partial charge in [-0.2, -0.15) is 5.26 Å². The Labute approximate surface area is 92.9 Å². The molecule has 0 amide bonds. The maximum absolute atomic E-state index is 10.6. The molecule has 0 aliphatic rings.